The number of halogens is 1. The maximum Gasteiger partial charge on any atom is 0.217 e. The Hall–Kier alpha value is -0.900. The molecule has 1 aliphatic carbocycles. The van der Waals surface area contributed by atoms with Crippen LogP contribution in [-0.2, 0) is 10.2 Å². The first-order valence-corrected chi connectivity index (χ1v) is 5.17. The lowest BCUT2D eigenvalue weighted by Gasteiger charge is -2.11. The zero-order chi connectivity index (χ0) is 10.2. The second kappa shape index (κ2) is 3.35. The summed E-state index contributed by atoms with van der Waals surface area (Å²) in [6.07, 6.45) is 4.46. The van der Waals surface area contributed by atoms with Crippen molar-refractivity contribution in [2.24, 2.45) is 0 Å². The molecule has 2 rings (SSSR count). The van der Waals surface area contributed by atoms with Crippen molar-refractivity contribution >= 4 is 22.2 Å². The van der Waals surface area contributed by atoms with E-state index in [1.54, 1.807) is 13.3 Å². The Bertz CT molecular complexity index is 374. The van der Waals surface area contributed by atoms with E-state index < -0.39 is 0 Å². The van der Waals surface area contributed by atoms with Crippen molar-refractivity contribution in [1.82, 2.24) is 4.98 Å². The summed E-state index contributed by atoms with van der Waals surface area (Å²) in [5, 5.41) is 0. The molecule has 1 fully saturated rings. The van der Waals surface area contributed by atoms with Gasteiger partial charge in [-0.05, 0) is 34.8 Å². The first-order chi connectivity index (χ1) is 6.72. The lowest BCUT2D eigenvalue weighted by Crippen LogP contribution is -2.10. The lowest BCUT2D eigenvalue weighted by atomic mass is 9.99. The fourth-order valence-corrected chi connectivity index (χ4v) is 1.86. The smallest absolute Gasteiger partial charge is 0.217 e. The summed E-state index contributed by atoms with van der Waals surface area (Å²) >= 11 is 3.34. The minimum absolute atomic E-state index is 0.331. The number of hydrogen-bond donors (Lipinski definition) is 0. The van der Waals surface area contributed by atoms with Crippen molar-refractivity contribution < 1.29 is 9.53 Å². The molecule has 0 spiro atoms. The molecule has 0 aromatic carbocycles. The predicted octanol–water partition coefficient (Wildman–Crippen LogP) is 2.08. The highest BCUT2D eigenvalue weighted by Crippen LogP contribution is 2.49. The van der Waals surface area contributed by atoms with E-state index in [0.717, 1.165) is 29.2 Å². The average Bonchev–Trinajstić information content (AvgIpc) is 2.98. The summed E-state index contributed by atoms with van der Waals surface area (Å²) in [4.78, 5) is 15.1. The van der Waals surface area contributed by atoms with Crippen LogP contribution in [0.25, 0.3) is 0 Å². The van der Waals surface area contributed by atoms with Gasteiger partial charge in [0.2, 0.25) is 5.88 Å². The number of pyridine rings is 1. The van der Waals surface area contributed by atoms with Crippen molar-refractivity contribution in [3.05, 3.63) is 22.3 Å². The van der Waals surface area contributed by atoms with Gasteiger partial charge in [0.15, 0.2) is 0 Å². The van der Waals surface area contributed by atoms with Gasteiger partial charge in [0, 0.05) is 16.2 Å². The first kappa shape index (κ1) is 9.65. The minimum Gasteiger partial charge on any atom is -0.481 e. The Morgan fingerprint density at radius 2 is 2.36 bits per heavy atom. The zero-order valence-corrected chi connectivity index (χ0v) is 9.37. The topological polar surface area (TPSA) is 39.2 Å². The number of methoxy groups -OCH3 is 1. The van der Waals surface area contributed by atoms with E-state index in [4.69, 9.17) is 4.74 Å². The molecule has 74 valence electrons. The van der Waals surface area contributed by atoms with Crippen LogP contribution in [0, 0.1) is 0 Å². The third kappa shape index (κ3) is 1.43. The monoisotopic (exact) mass is 255 g/mol. The number of aldehydes is 1. The van der Waals surface area contributed by atoms with Crippen LogP contribution < -0.4 is 4.74 Å². The summed E-state index contributed by atoms with van der Waals surface area (Å²) in [6.45, 7) is 0. The molecule has 1 aromatic heterocycles. The quantitative estimate of drug-likeness (QED) is 0.777. The van der Waals surface area contributed by atoms with Gasteiger partial charge in [-0.3, -0.25) is 0 Å². The normalized spacial score (nSPS) is 17.6. The molecule has 14 heavy (non-hydrogen) atoms. The van der Waals surface area contributed by atoms with E-state index in [0.29, 0.717) is 5.88 Å². The molecule has 0 atom stereocenters. The molecule has 0 saturated heterocycles. The first-order valence-electron chi connectivity index (χ1n) is 4.38. The molecule has 0 aliphatic heterocycles. The van der Waals surface area contributed by atoms with Gasteiger partial charge in [0.05, 0.1) is 12.5 Å². The summed E-state index contributed by atoms with van der Waals surface area (Å²) in [6, 6.07) is 1.91. The van der Waals surface area contributed by atoms with Gasteiger partial charge in [-0.15, -0.1) is 0 Å². The molecule has 0 bridgehead atoms. The summed E-state index contributed by atoms with van der Waals surface area (Å²) in [7, 11) is 1.57. The van der Waals surface area contributed by atoms with Gasteiger partial charge < -0.3 is 9.53 Å². The summed E-state index contributed by atoms with van der Waals surface area (Å²) in [5.74, 6) is 0.554. The maximum atomic E-state index is 11.0. The Morgan fingerprint density at radius 1 is 1.64 bits per heavy atom. The van der Waals surface area contributed by atoms with E-state index in [9.17, 15) is 4.79 Å². The molecular formula is C10H10BrNO2. The summed E-state index contributed by atoms with van der Waals surface area (Å²) < 4.78 is 6.01. The Balaban J connectivity index is 2.49. The molecule has 1 aromatic rings. The molecule has 3 nitrogen and oxygen atoms in total. The number of hydrogen-bond acceptors (Lipinski definition) is 3. The van der Waals surface area contributed by atoms with Crippen LogP contribution in [0.5, 0.6) is 5.88 Å². The molecule has 0 amide bonds. The van der Waals surface area contributed by atoms with Crippen LogP contribution in [0.4, 0.5) is 0 Å². The fourth-order valence-electron chi connectivity index (χ4n) is 1.53. The number of nitrogens with zero attached hydrogens (tertiary/aromatic N) is 1. The highest BCUT2D eigenvalue weighted by atomic mass is 79.9. The van der Waals surface area contributed by atoms with Crippen LogP contribution in [-0.4, -0.2) is 18.4 Å². The standard InChI is InChI=1S/C10H10BrNO2/c1-14-9-8(4-7(11)5-12-9)10(6-13)2-3-10/h4-6H,2-3H2,1H3. The second-order valence-corrected chi connectivity index (χ2v) is 4.40. The number of carbonyl (C=O) groups is 1. The average molecular weight is 256 g/mol. The van der Waals surface area contributed by atoms with Crippen LogP contribution in [0.15, 0.2) is 16.7 Å². The van der Waals surface area contributed by atoms with Gasteiger partial charge in [0.25, 0.3) is 0 Å². The van der Waals surface area contributed by atoms with Gasteiger partial charge in [-0.2, -0.15) is 0 Å². The highest BCUT2D eigenvalue weighted by Gasteiger charge is 2.46. The van der Waals surface area contributed by atoms with Gasteiger partial charge in [0.1, 0.15) is 6.29 Å². The fraction of sp³-hybridized carbons (Fsp3) is 0.400. The molecule has 0 N–H and O–H groups in total. The van der Waals surface area contributed by atoms with E-state index in [1.807, 2.05) is 6.07 Å². The lowest BCUT2D eigenvalue weighted by molar-refractivity contribution is -0.109. The zero-order valence-electron chi connectivity index (χ0n) is 7.79. The third-order valence-electron chi connectivity index (χ3n) is 2.56. The predicted molar refractivity (Wildman–Crippen MR) is 55.5 cm³/mol. The second-order valence-electron chi connectivity index (χ2n) is 3.48. The van der Waals surface area contributed by atoms with E-state index >= 15 is 0 Å². The van der Waals surface area contributed by atoms with E-state index in [1.165, 1.54) is 0 Å². The Morgan fingerprint density at radius 3 is 2.86 bits per heavy atom. The molecular weight excluding hydrogens is 246 g/mol. The van der Waals surface area contributed by atoms with Crippen molar-refractivity contribution in [3.8, 4) is 5.88 Å². The van der Waals surface area contributed by atoms with Gasteiger partial charge >= 0.3 is 0 Å². The van der Waals surface area contributed by atoms with Crippen LogP contribution >= 0.6 is 15.9 Å². The number of rotatable bonds is 3. The van der Waals surface area contributed by atoms with E-state index in [-0.39, 0.29) is 5.41 Å². The molecule has 4 heteroatoms. The Labute approximate surface area is 90.6 Å². The molecule has 0 unspecified atom stereocenters. The minimum atomic E-state index is -0.331. The third-order valence-corrected chi connectivity index (χ3v) is 3.00. The van der Waals surface area contributed by atoms with Crippen LogP contribution in [0.3, 0.4) is 0 Å². The van der Waals surface area contributed by atoms with Crippen molar-refractivity contribution in [2.45, 2.75) is 18.3 Å². The summed E-state index contributed by atoms with van der Waals surface area (Å²) in [5.41, 5.74) is 0.562. The largest absolute Gasteiger partial charge is 0.481 e. The number of aromatic nitrogens is 1. The van der Waals surface area contributed by atoms with Crippen molar-refractivity contribution in [1.29, 1.82) is 0 Å². The van der Waals surface area contributed by atoms with Crippen LogP contribution in [0.2, 0.25) is 0 Å². The molecule has 1 saturated carbocycles. The van der Waals surface area contributed by atoms with Gasteiger partial charge in [-0.25, -0.2) is 4.98 Å². The Kier molecular flexibility index (Phi) is 2.31. The number of carbonyl (C=O) groups excluding carboxylic acids is 1. The van der Waals surface area contributed by atoms with E-state index in [2.05, 4.69) is 20.9 Å². The molecule has 1 heterocycles. The van der Waals surface area contributed by atoms with Gasteiger partial charge in [-0.1, -0.05) is 0 Å². The highest BCUT2D eigenvalue weighted by molar-refractivity contribution is 9.10. The van der Waals surface area contributed by atoms with Crippen molar-refractivity contribution in [3.63, 3.8) is 0 Å². The molecule has 1 aliphatic rings. The molecule has 0 radical (unpaired) electrons. The number of ether oxygens (including phenoxy) is 1. The SMILES string of the molecule is COc1ncc(Br)cc1C1(C=O)CC1. The van der Waals surface area contributed by atoms with Crippen LogP contribution in [0.1, 0.15) is 18.4 Å². The van der Waals surface area contributed by atoms with Crippen molar-refractivity contribution in [2.75, 3.05) is 7.11 Å². The maximum absolute atomic E-state index is 11.0.